The molecule has 2 rings (SSSR count). The van der Waals surface area contributed by atoms with E-state index in [1.54, 1.807) is 38.2 Å². The SMILES string of the molecule is CCOC(=O)C(C(=O)OCC)c1c[nH]c2cc(C(=O)OC)ccc12. The van der Waals surface area contributed by atoms with Crippen molar-refractivity contribution < 1.29 is 28.6 Å². The minimum absolute atomic E-state index is 0.156. The summed E-state index contributed by atoms with van der Waals surface area (Å²) in [4.78, 5) is 39.0. The largest absolute Gasteiger partial charge is 0.465 e. The minimum Gasteiger partial charge on any atom is -0.465 e. The third kappa shape index (κ3) is 3.40. The lowest BCUT2D eigenvalue weighted by Gasteiger charge is -2.14. The number of aromatic nitrogens is 1. The Balaban J connectivity index is 2.48. The number of esters is 3. The van der Waals surface area contributed by atoms with Crippen LogP contribution in [0.15, 0.2) is 24.4 Å². The van der Waals surface area contributed by atoms with Gasteiger partial charge >= 0.3 is 17.9 Å². The first-order chi connectivity index (χ1) is 11.5. The molecule has 0 aliphatic heterocycles. The van der Waals surface area contributed by atoms with E-state index in [2.05, 4.69) is 9.72 Å². The molecule has 1 aromatic heterocycles. The average Bonchev–Trinajstić information content (AvgIpc) is 2.98. The van der Waals surface area contributed by atoms with Gasteiger partial charge in [-0.1, -0.05) is 6.07 Å². The maximum atomic E-state index is 12.2. The number of hydrogen-bond donors (Lipinski definition) is 1. The lowest BCUT2D eigenvalue weighted by Crippen LogP contribution is -2.26. The molecular weight excluding hydrogens is 314 g/mol. The van der Waals surface area contributed by atoms with Crippen LogP contribution < -0.4 is 0 Å². The van der Waals surface area contributed by atoms with E-state index in [9.17, 15) is 14.4 Å². The van der Waals surface area contributed by atoms with Crippen molar-refractivity contribution in [1.29, 1.82) is 0 Å². The molecule has 0 unspecified atom stereocenters. The molecular formula is C17H19NO6. The van der Waals surface area contributed by atoms with Crippen LogP contribution in [-0.2, 0) is 23.8 Å². The second-order valence-corrected chi connectivity index (χ2v) is 4.93. The van der Waals surface area contributed by atoms with Crippen LogP contribution in [0.2, 0.25) is 0 Å². The van der Waals surface area contributed by atoms with Crippen LogP contribution in [0.3, 0.4) is 0 Å². The highest BCUT2D eigenvalue weighted by Crippen LogP contribution is 2.28. The number of H-pyrrole nitrogens is 1. The Morgan fingerprint density at radius 2 is 1.71 bits per heavy atom. The van der Waals surface area contributed by atoms with Gasteiger partial charge in [-0.25, -0.2) is 4.79 Å². The molecule has 1 N–H and O–H groups in total. The van der Waals surface area contributed by atoms with Gasteiger partial charge in [-0.15, -0.1) is 0 Å². The van der Waals surface area contributed by atoms with Gasteiger partial charge in [0.05, 0.1) is 25.9 Å². The fraction of sp³-hybridized carbons (Fsp3) is 0.353. The second-order valence-electron chi connectivity index (χ2n) is 4.93. The van der Waals surface area contributed by atoms with Crippen molar-refractivity contribution in [3.8, 4) is 0 Å². The number of nitrogens with one attached hydrogen (secondary N) is 1. The van der Waals surface area contributed by atoms with Crippen LogP contribution in [0.1, 0.15) is 35.7 Å². The van der Waals surface area contributed by atoms with Crippen LogP contribution in [0.25, 0.3) is 10.9 Å². The molecule has 24 heavy (non-hydrogen) atoms. The molecule has 0 fully saturated rings. The Morgan fingerprint density at radius 1 is 1.08 bits per heavy atom. The molecule has 0 amide bonds. The zero-order chi connectivity index (χ0) is 17.7. The minimum atomic E-state index is -1.18. The first-order valence-corrected chi connectivity index (χ1v) is 7.56. The zero-order valence-corrected chi connectivity index (χ0v) is 13.8. The van der Waals surface area contributed by atoms with Crippen LogP contribution >= 0.6 is 0 Å². The standard InChI is InChI=1S/C17H19NO6/c1-4-23-16(20)14(17(21)24-5-2)12-9-18-13-8-10(15(19)22-3)6-7-11(12)13/h6-9,14,18H,4-5H2,1-3H3. The van der Waals surface area contributed by atoms with E-state index in [1.165, 1.54) is 7.11 Å². The summed E-state index contributed by atoms with van der Waals surface area (Å²) in [6.07, 6.45) is 1.55. The Morgan fingerprint density at radius 3 is 2.25 bits per heavy atom. The summed E-state index contributed by atoms with van der Waals surface area (Å²) in [5.41, 5.74) is 1.41. The Labute approximate surface area is 138 Å². The molecule has 0 saturated heterocycles. The van der Waals surface area contributed by atoms with Gasteiger partial charge in [0, 0.05) is 22.7 Å². The summed E-state index contributed by atoms with van der Waals surface area (Å²) in [6, 6.07) is 4.82. The van der Waals surface area contributed by atoms with Gasteiger partial charge in [0.15, 0.2) is 5.92 Å². The number of fused-ring (bicyclic) bond motifs is 1. The van der Waals surface area contributed by atoms with Crippen molar-refractivity contribution >= 4 is 28.8 Å². The first-order valence-electron chi connectivity index (χ1n) is 7.56. The summed E-state index contributed by atoms with van der Waals surface area (Å²) >= 11 is 0. The van der Waals surface area contributed by atoms with Gasteiger partial charge < -0.3 is 19.2 Å². The fourth-order valence-corrected chi connectivity index (χ4v) is 2.43. The molecule has 1 heterocycles. The molecule has 0 bridgehead atoms. The molecule has 0 aliphatic carbocycles. The van der Waals surface area contributed by atoms with Crippen molar-refractivity contribution in [2.45, 2.75) is 19.8 Å². The fourth-order valence-electron chi connectivity index (χ4n) is 2.43. The van der Waals surface area contributed by atoms with Crippen LogP contribution in [0, 0.1) is 0 Å². The summed E-state index contributed by atoms with van der Waals surface area (Å²) in [7, 11) is 1.30. The lowest BCUT2D eigenvalue weighted by molar-refractivity contribution is -0.156. The first kappa shape index (κ1) is 17.5. The predicted octanol–water partition coefficient (Wildman–Crippen LogP) is 2.16. The molecule has 0 saturated carbocycles. The monoisotopic (exact) mass is 333 g/mol. The number of benzene rings is 1. The van der Waals surface area contributed by atoms with Gasteiger partial charge in [0.25, 0.3) is 0 Å². The molecule has 0 aliphatic rings. The number of rotatable bonds is 6. The van der Waals surface area contributed by atoms with Gasteiger partial charge in [0.2, 0.25) is 0 Å². The number of aromatic amines is 1. The Hall–Kier alpha value is -2.83. The third-order valence-electron chi connectivity index (χ3n) is 3.49. The van der Waals surface area contributed by atoms with E-state index >= 15 is 0 Å². The van der Waals surface area contributed by atoms with Gasteiger partial charge in [-0.05, 0) is 26.0 Å². The van der Waals surface area contributed by atoms with E-state index < -0.39 is 23.8 Å². The zero-order valence-electron chi connectivity index (χ0n) is 13.8. The van der Waals surface area contributed by atoms with E-state index in [0.29, 0.717) is 22.0 Å². The van der Waals surface area contributed by atoms with E-state index in [-0.39, 0.29) is 13.2 Å². The highest BCUT2D eigenvalue weighted by molar-refractivity contribution is 6.05. The highest BCUT2D eigenvalue weighted by Gasteiger charge is 2.33. The number of methoxy groups -OCH3 is 1. The van der Waals surface area contributed by atoms with Crippen LogP contribution in [0.5, 0.6) is 0 Å². The van der Waals surface area contributed by atoms with E-state index in [0.717, 1.165) is 0 Å². The van der Waals surface area contributed by atoms with Crippen LogP contribution in [0.4, 0.5) is 0 Å². The van der Waals surface area contributed by atoms with Gasteiger partial charge in [-0.3, -0.25) is 9.59 Å². The molecule has 0 spiro atoms. The van der Waals surface area contributed by atoms with Gasteiger partial charge in [0.1, 0.15) is 0 Å². The van der Waals surface area contributed by atoms with E-state index in [4.69, 9.17) is 9.47 Å². The normalized spacial score (nSPS) is 10.7. The maximum absolute atomic E-state index is 12.2. The summed E-state index contributed by atoms with van der Waals surface area (Å²) in [5, 5.41) is 0.633. The van der Waals surface area contributed by atoms with Crippen molar-refractivity contribution in [1.82, 2.24) is 4.98 Å². The number of carbonyl (C=O) groups excluding carboxylic acids is 3. The van der Waals surface area contributed by atoms with E-state index in [1.807, 2.05) is 0 Å². The molecule has 128 valence electrons. The number of ether oxygens (including phenoxy) is 3. The Kier molecular flexibility index (Phi) is 5.57. The lowest BCUT2D eigenvalue weighted by atomic mass is 9.98. The van der Waals surface area contributed by atoms with Crippen molar-refractivity contribution in [3.63, 3.8) is 0 Å². The molecule has 2 aromatic rings. The van der Waals surface area contributed by atoms with Crippen molar-refractivity contribution in [2.24, 2.45) is 0 Å². The van der Waals surface area contributed by atoms with Crippen LogP contribution in [-0.4, -0.2) is 43.2 Å². The predicted molar refractivity (Wildman–Crippen MR) is 85.6 cm³/mol. The summed E-state index contributed by atoms with van der Waals surface area (Å²) in [6.45, 7) is 3.64. The summed E-state index contributed by atoms with van der Waals surface area (Å²) in [5.74, 6) is -2.99. The average molecular weight is 333 g/mol. The topological polar surface area (TPSA) is 94.7 Å². The molecule has 7 nitrogen and oxygen atoms in total. The highest BCUT2D eigenvalue weighted by atomic mass is 16.6. The van der Waals surface area contributed by atoms with Crippen molar-refractivity contribution in [3.05, 3.63) is 35.5 Å². The van der Waals surface area contributed by atoms with Gasteiger partial charge in [-0.2, -0.15) is 0 Å². The quantitative estimate of drug-likeness (QED) is 0.494. The molecule has 0 radical (unpaired) electrons. The second kappa shape index (κ2) is 7.63. The summed E-state index contributed by atoms with van der Waals surface area (Å²) < 4.78 is 14.7. The Bertz CT molecular complexity index is 746. The number of carbonyl (C=O) groups is 3. The molecule has 1 aromatic carbocycles. The molecule has 7 heteroatoms. The third-order valence-corrected chi connectivity index (χ3v) is 3.49. The maximum Gasteiger partial charge on any atom is 0.337 e. The van der Waals surface area contributed by atoms with Crippen molar-refractivity contribution in [2.75, 3.05) is 20.3 Å². The molecule has 0 atom stereocenters. The number of hydrogen-bond acceptors (Lipinski definition) is 6. The smallest absolute Gasteiger partial charge is 0.337 e.